The van der Waals surface area contributed by atoms with E-state index in [0.29, 0.717) is 17.8 Å². The molecule has 0 bridgehead atoms. The fourth-order valence-electron chi connectivity index (χ4n) is 4.15. The fourth-order valence-corrected chi connectivity index (χ4v) is 4.15. The van der Waals surface area contributed by atoms with E-state index in [1.807, 2.05) is 68.4 Å². The van der Waals surface area contributed by atoms with E-state index in [1.165, 1.54) is 10.9 Å². The van der Waals surface area contributed by atoms with E-state index in [1.54, 1.807) is 10.9 Å². The first-order valence-electron chi connectivity index (χ1n) is 10.7. The van der Waals surface area contributed by atoms with E-state index in [-0.39, 0.29) is 23.4 Å². The third kappa shape index (κ3) is 3.78. The monoisotopic (exact) mass is 437 g/mol. The number of benzene rings is 2. The molecule has 0 radical (unpaired) electrons. The van der Waals surface area contributed by atoms with Gasteiger partial charge in [-0.1, -0.05) is 48.5 Å². The third-order valence-electron chi connectivity index (χ3n) is 5.93. The number of carbonyl (C=O) groups excluding carboxylic acids is 1. The number of Topliss-reactive ketones (excluding diaryl/α,β-unsaturated/α-hetero) is 1. The Labute approximate surface area is 190 Å². The maximum Gasteiger partial charge on any atom is 0.281 e. The van der Waals surface area contributed by atoms with Gasteiger partial charge < -0.3 is 4.57 Å². The van der Waals surface area contributed by atoms with Crippen molar-refractivity contribution in [3.05, 3.63) is 112 Å². The fraction of sp³-hybridized carbons (Fsp3) is 0.154. The van der Waals surface area contributed by atoms with Crippen LogP contribution in [0.5, 0.6) is 0 Å². The molecule has 2 aromatic carbocycles. The summed E-state index contributed by atoms with van der Waals surface area (Å²) in [5, 5.41) is 0. The number of fused-ring (bicyclic) bond motifs is 1. The van der Waals surface area contributed by atoms with Crippen LogP contribution in [0.25, 0.3) is 16.9 Å². The van der Waals surface area contributed by atoms with Crippen LogP contribution in [-0.2, 0) is 13.1 Å². The summed E-state index contributed by atoms with van der Waals surface area (Å²) in [7, 11) is 0. The largest absolute Gasteiger partial charge is 0.344 e. The normalized spacial score (nSPS) is 11.2. The van der Waals surface area contributed by atoms with Gasteiger partial charge in [-0.15, -0.1) is 0 Å². The van der Waals surface area contributed by atoms with Gasteiger partial charge in [0.25, 0.3) is 5.56 Å². The van der Waals surface area contributed by atoms with Crippen molar-refractivity contribution < 1.29 is 4.79 Å². The van der Waals surface area contributed by atoms with Crippen LogP contribution in [0.3, 0.4) is 0 Å². The standard InChI is InChI=1S/C26H23N5O2/c1-18-13-22(19(2)30(18)14-20-9-5-3-6-10-20)23(32)15-29-16-28-25-24(26(29)33)27-17-31(25)21-11-7-4-8-12-21/h3-13,16-17H,14-15H2,1-2H3. The molecule has 0 amide bonds. The van der Waals surface area contributed by atoms with E-state index in [2.05, 4.69) is 26.7 Å². The molecule has 164 valence electrons. The predicted molar refractivity (Wildman–Crippen MR) is 127 cm³/mol. The highest BCUT2D eigenvalue weighted by Gasteiger charge is 2.18. The minimum absolute atomic E-state index is 0.0877. The summed E-state index contributed by atoms with van der Waals surface area (Å²) in [5.41, 5.74) is 4.91. The molecule has 5 aromatic rings. The van der Waals surface area contributed by atoms with E-state index in [9.17, 15) is 9.59 Å². The van der Waals surface area contributed by atoms with Crippen LogP contribution in [0, 0.1) is 13.8 Å². The SMILES string of the molecule is Cc1cc(C(=O)Cn2cnc3c(ncn3-c3ccccc3)c2=O)c(C)n1Cc1ccccc1. The van der Waals surface area contributed by atoms with Crippen LogP contribution in [-0.4, -0.2) is 29.5 Å². The number of ketones is 1. The first-order valence-corrected chi connectivity index (χ1v) is 10.7. The highest BCUT2D eigenvalue weighted by molar-refractivity contribution is 5.97. The highest BCUT2D eigenvalue weighted by Crippen LogP contribution is 2.19. The molecule has 0 N–H and O–H groups in total. The topological polar surface area (TPSA) is 74.7 Å². The minimum Gasteiger partial charge on any atom is -0.344 e. The third-order valence-corrected chi connectivity index (χ3v) is 5.93. The second kappa shape index (κ2) is 8.35. The van der Waals surface area contributed by atoms with Crippen LogP contribution >= 0.6 is 0 Å². The van der Waals surface area contributed by atoms with Crippen molar-refractivity contribution in [2.75, 3.05) is 0 Å². The van der Waals surface area contributed by atoms with Crippen molar-refractivity contribution in [1.29, 1.82) is 0 Å². The van der Waals surface area contributed by atoms with Gasteiger partial charge in [0, 0.05) is 29.2 Å². The Morgan fingerprint density at radius 3 is 2.33 bits per heavy atom. The Hall–Kier alpha value is -4.26. The summed E-state index contributed by atoms with van der Waals surface area (Å²) in [6.07, 6.45) is 3.00. The van der Waals surface area contributed by atoms with Crippen molar-refractivity contribution in [2.24, 2.45) is 0 Å². The lowest BCUT2D eigenvalue weighted by Gasteiger charge is -2.10. The van der Waals surface area contributed by atoms with Crippen LogP contribution in [0.4, 0.5) is 0 Å². The molecule has 3 aromatic heterocycles. The zero-order valence-electron chi connectivity index (χ0n) is 18.5. The molecule has 33 heavy (non-hydrogen) atoms. The molecule has 0 aliphatic heterocycles. The van der Waals surface area contributed by atoms with Crippen LogP contribution in [0.15, 0.2) is 84.2 Å². The van der Waals surface area contributed by atoms with E-state index >= 15 is 0 Å². The number of para-hydroxylation sites is 1. The molecule has 3 heterocycles. The molecule has 0 unspecified atom stereocenters. The summed E-state index contributed by atoms with van der Waals surface area (Å²) in [4.78, 5) is 34.9. The molecule has 0 aliphatic rings. The van der Waals surface area contributed by atoms with Crippen molar-refractivity contribution in [2.45, 2.75) is 26.9 Å². The maximum atomic E-state index is 13.1. The molecular formula is C26H23N5O2. The van der Waals surface area contributed by atoms with Gasteiger partial charge >= 0.3 is 0 Å². The van der Waals surface area contributed by atoms with Crippen molar-refractivity contribution in [1.82, 2.24) is 23.7 Å². The summed E-state index contributed by atoms with van der Waals surface area (Å²) in [6.45, 7) is 4.53. The quantitative estimate of drug-likeness (QED) is 0.377. The number of nitrogens with zero attached hydrogens (tertiary/aromatic N) is 5. The number of aromatic nitrogens is 5. The van der Waals surface area contributed by atoms with Crippen molar-refractivity contribution in [3.63, 3.8) is 0 Å². The molecule has 7 heteroatoms. The summed E-state index contributed by atoms with van der Waals surface area (Å²) in [5.74, 6) is -0.131. The minimum atomic E-state index is -0.332. The Bertz CT molecular complexity index is 1510. The van der Waals surface area contributed by atoms with Gasteiger partial charge in [-0.25, -0.2) is 9.97 Å². The number of rotatable bonds is 6. The lowest BCUT2D eigenvalue weighted by Crippen LogP contribution is -2.25. The van der Waals surface area contributed by atoms with Gasteiger partial charge in [0.05, 0.1) is 6.54 Å². The number of hydrogen-bond acceptors (Lipinski definition) is 4. The van der Waals surface area contributed by atoms with Gasteiger partial charge in [0.2, 0.25) is 0 Å². The van der Waals surface area contributed by atoms with Gasteiger partial charge in [-0.2, -0.15) is 0 Å². The van der Waals surface area contributed by atoms with E-state index in [0.717, 1.165) is 22.6 Å². The zero-order valence-corrected chi connectivity index (χ0v) is 18.5. The van der Waals surface area contributed by atoms with Crippen molar-refractivity contribution in [3.8, 4) is 5.69 Å². The van der Waals surface area contributed by atoms with Crippen LogP contribution in [0.1, 0.15) is 27.3 Å². The second-order valence-corrected chi connectivity index (χ2v) is 8.08. The molecule has 0 saturated carbocycles. The molecule has 0 saturated heterocycles. The Morgan fingerprint density at radius 1 is 0.909 bits per heavy atom. The lowest BCUT2D eigenvalue weighted by molar-refractivity contribution is 0.0970. The predicted octanol–water partition coefficient (Wildman–Crippen LogP) is 3.93. The molecule has 5 rings (SSSR count). The molecule has 7 nitrogen and oxygen atoms in total. The molecule has 0 atom stereocenters. The molecular weight excluding hydrogens is 414 g/mol. The van der Waals surface area contributed by atoms with E-state index in [4.69, 9.17) is 0 Å². The summed E-state index contributed by atoms with van der Waals surface area (Å²) in [6, 6.07) is 21.6. The van der Waals surface area contributed by atoms with Gasteiger partial charge in [-0.05, 0) is 37.6 Å². The first-order chi connectivity index (χ1) is 16.0. The number of aryl methyl sites for hydroxylation is 1. The van der Waals surface area contributed by atoms with Crippen LogP contribution < -0.4 is 5.56 Å². The average molecular weight is 438 g/mol. The Balaban J connectivity index is 1.43. The number of carbonyl (C=O) groups is 1. The first kappa shape index (κ1) is 20.6. The lowest BCUT2D eigenvalue weighted by atomic mass is 10.1. The smallest absolute Gasteiger partial charge is 0.281 e. The zero-order chi connectivity index (χ0) is 22.9. The summed E-state index contributed by atoms with van der Waals surface area (Å²) >= 11 is 0. The van der Waals surface area contributed by atoms with Crippen molar-refractivity contribution >= 4 is 16.9 Å². The average Bonchev–Trinajstić information content (AvgIpc) is 3.39. The molecule has 0 fully saturated rings. The Morgan fingerprint density at radius 2 is 1.61 bits per heavy atom. The molecule has 0 spiro atoms. The number of hydrogen-bond donors (Lipinski definition) is 0. The van der Waals surface area contributed by atoms with Crippen LogP contribution in [0.2, 0.25) is 0 Å². The van der Waals surface area contributed by atoms with E-state index < -0.39 is 0 Å². The van der Waals surface area contributed by atoms with Gasteiger partial charge in [-0.3, -0.25) is 18.7 Å². The summed E-state index contributed by atoms with van der Waals surface area (Å²) < 4.78 is 5.21. The molecule has 0 aliphatic carbocycles. The van der Waals surface area contributed by atoms with Gasteiger partial charge in [0.1, 0.15) is 12.7 Å². The maximum absolute atomic E-state index is 13.1. The Kier molecular flexibility index (Phi) is 5.22. The second-order valence-electron chi connectivity index (χ2n) is 8.08. The highest BCUT2D eigenvalue weighted by atomic mass is 16.1. The number of imidazole rings is 1. The van der Waals surface area contributed by atoms with Gasteiger partial charge in [0.15, 0.2) is 16.9 Å².